The van der Waals surface area contributed by atoms with Gasteiger partial charge in [0, 0.05) is 33.4 Å². The van der Waals surface area contributed by atoms with Gasteiger partial charge in [-0.15, -0.1) is 30.6 Å². The van der Waals surface area contributed by atoms with Crippen molar-refractivity contribution in [3.8, 4) is 0 Å². The zero-order valence-electron chi connectivity index (χ0n) is 14.6. The molecule has 23 heavy (non-hydrogen) atoms. The van der Waals surface area contributed by atoms with Crippen molar-refractivity contribution in [2.24, 2.45) is 4.99 Å². The molecule has 0 aliphatic rings. The molecule has 0 aliphatic heterocycles. The van der Waals surface area contributed by atoms with E-state index in [-0.39, 0.29) is 36.3 Å². The van der Waals surface area contributed by atoms with E-state index in [1.54, 1.807) is 7.05 Å². The third-order valence-electron chi connectivity index (χ3n) is 3.10. The topological polar surface area (TPSA) is 71.0 Å². The predicted octanol–water partition coefficient (Wildman–Crippen LogP) is 1.92. The quantitative estimate of drug-likeness (QED) is 0.158. The van der Waals surface area contributed by atoms with Gasteiger partial charge in [-0.2, -0.15) is 0 Å². The van der Waals surface area contributed by atoms with Crippen molar-refractivity contribution in [1.82, 2.24) is 10.2 Å². The lowest BCUT2D eigenvalue weighted by Gasteiger charge is -2.22. The maximum atomic E-state index is 10.9. The van der Waals surface area contributed by atoms with Crippen LogP contribution in [0.1, 0.15) is 25.7 Å². The number of halogens is 1. The van der Waals surface area contributed by atoms with E-state index in [0.29, 0.717) is 13.2 Å². The van der Waals surface area contributed by atoms with E-state index in [1.807, 2.05) is 13.1 Å². The number of nitrogens with one attached hydrogen (secondary N) is 1. The fourth-order valence-corrected chi connectivity index (χ4v) is 2.27. The molecule has 0 aromatic rings. The fraction of sp³-hybridized carbons (Fsp3) is 0.800. The van der Waals surface area contributed by atoms with Crippen LogP contribution >= 0.6 is 24.0 Å². The van der Waals surface area contributed by atoms with Gasteiger partial charge in [-0.25, -0.2) is 8.42 Å². The van der Waals surface area contributed by atoms with Crippen LogP contribution in [-0.4, -0.2) is 71.7 Å². The lowest BCUT2D eigenvalue weighted by Crippen LogP contribution is -2.40. The minimum atomic E-state index is -2.95. The molecule has 0 aromatic heterocycles. The molecule has 0 aliphatic carbocycles. The van der Waals surface area contributed by atoms with Gasteiger partial charge >= 0.3 is 0 Å². The summed E-state index contributed by atoms with van der Waals surface area (Å²) in [4.78, 5) is 6.31. The average molecular weight is 461 g/mol. The Hall–Kier alpha value is -0.350. The first-order chi connectivity index (χ1) is 10.4. The van der Waals surface area contributed by atoms with E-state index in [4.69, 9.17) is 4.74 Å². The third-order valence-corrected chi connectivity index (χ3v) is 4.01. The lowest BCUT2D eigenvalue weighted by molar-refractivity contribution is 0.153. The average Bonchev–Trinajstić information content (AvgIpc) is 2.45. The molecule has 0 spiro atoms. The Balaban J connectivity index is 0. The zero-order valence-corrected chi connectivity index (χ0v) is 17.7. The number of rotatable bonds is 12. The highest BCUT2D eigenvalue weighted by atomic mass is 127. The molecule has 0 heterocycles. The highest BCUT2D eigenvalue weighted by Crippen LogP contribution is 2.01. The summed E-state index contributed by atoms with van der Waals surface area (Å²) in [6.07, 6.45) is 7.71. The van der Waals surface area contributed by atoms with Crippen molar-refractivity contribution in [3.63, 3.8) is 0 Å². The van der Waals surface area contributed by atoms with Gasteiger partial charge in [-0.3, -0.25) is 4.99 Å². The maximum Gasteiger partial charge on any atom is 0.193 e. The molecule has 0 fully saturated rings. The normalized spacial score (nSPS) is 11.7. The molecule has 0 aromatic carbocycles. The maximum absolute atomic E-state index is 10.9. The van der Waals surface area contributed by atoms with Crippen LogP contribution in [-0.2, 0) is 14.6 Å². The number of nitrogens with zero attached hydrogens (tertiary/aromatic N) is 2. The van der Waals surface area contributed by atoms with E-state index >= 15 is 0 Å². The smallest absolute Gasteiger partial charge is 0.193 e. The van der Waals surface area contributed by atoms with Crippen molar-refractivity contribution in [1.29, 1.82) is 0 Å². The van der Waals surface area contributed by atoms with E-state index < -0.39 is 9.84 Å². The van der Waals surface area contributed by atoms with Crippen LogP contribution in [0.2, 0.25) is 0 Å². The summed E-state index contributed by atoms with van der Waals surface area (Å²) in [5.74, 6) is 0.891. The first-order valence-electron chi connectivity index (χ1n) is 7.69. The van der Waals surface area contributed by atoms with Crippen LogP contribution in [0.15, 0.2) is 17.6 Å². The van der Waals surface area contributed by atoms with Crippen molar-refractivity contribution in [2.75, 3.05) is 52.4 Å². The summed E-state index contributed by atoms with van der Waals surface area (Å²) in [7, 11) is 0.812. The van der Waals surface area contributed by atoms with Gasteiger partial charge in [-0.05, 0) is 19.3 Å². The standard InChI is InChI=1S/C15H31N3O3S.HI/c1-5-6-7-8-9-11-18(3)15(16-2)17-10-12-21-13-14-22(4,19)20;/h5H,1,6-14H2,2-4H3,(H,16,17);1H. The largest absolute Gasteiger partial charge is 0.379 e. The van der Waals surface area contributed by atoms with Crippen molar-refractivity contribution < 1.29 is 13.2 Å². The van der Waals surface area contributed by atoms with Crippen LogP contribution in [0, 0.1) is 0 Å². The minimum absolute atomic E-state index is 0. The van der Waals surface area contributed by atoms with Crippen LogP contribution in [0.25, 0.3) is 0 Å². The summed E-state index contributed by atoms with van der Waals surface area (Å²) >= 11 is 0. The minimum Gasteiger partial charge on any atom is -0.379 e. The summed E-state index contributed by atoms with van der Waals surface area (Å²) in [5, 5.41) is 3.20. The number of guanidine groups is 1. The van der Waals surface area contributed by atoms with E-state index in [2.05, 4.69) is 21.8 Å². The highest BCUT2D eigenvalue weighted by molar-refractivity contribution is 14.0. The van der Waals surface area contributed by atoms with Crippen molar-refractivity contribution in [3.05, 3.63) is 12.7 Å². The van der Waals surface area contributed by atoms with Crippen LogP contribution in [0.4, 0.5) is 0 Å². The molecule has 0 amide bonds. The number of hydrogen-bond acceptors (Lipinski definition) is 4. The molecule has 8 heteroatoms. The molecule has 0 unspecified atom stereocenters. The van der Waals surface area contributed by atoms with E-state index in [9.17, 15) is 8.42 Å². The second-order valence-electron chi connectivity index (χ2n) is 5.28. The molecule has 0 rings (SSSR count). The SMILES string of the molecule is C=CCCCCCN(C)C(=NC)NCCOCCS(C)(=O)=O.I. The number of ether oxygens (including phenoxy) is 1. The molecule has 6 nitrogen and oxygen atoms in total. The number of sulfone groups is 1. The van der Waals surface area contributed by atoms with Gasteiger partial charge in [0.05, 0.1) is 19.0 Å². The summed E-state index contributed by atoms with van der Waals surface area (Å²) < 4.78 is 27.2. The number of allylic oxidation sites excluding steroid dienone is 1. The molecule has 0 atom stereocenters. The Bertz CT molecular complexity index is 428. The second-order valence-corrected chi connectivity index (χ2v) is 7.54. The summed E-state index contributed by atoms with van der Waals surface area (Å²) in [6.45, 7) is 5.97. The molecule has 0 bridgehead atoms. The van der Waals surface area contributed by atoms with Gasteiger partial charge in [0.2, 0.25) is 0 Å². The Kier molecular flexibility index (Phi) is 16.4. The van der Waals surface area contributed by atoms with Crippen molar-refractivity contribution in [2.45, 2.75) is 25.7 Å². The second kappa shape index (κ2) is 15.2. The van der Waals surface area contributed by atoms with Crippen LogP contribution < -0.4 is 5.32 Å². The molecule has 138 valence electrons. The molecule has 0 saturated heterocycles. The molecule has 0 radical (unpaired) electrons. The molecular weight excluding hydrogens is 429 g/mol. The Morgan fingerprint density at radius 3 is 2.57 bits per heavy atom. The van der Waals surface area contributed by atoms with Crippen molar-refractivity contribution >= 4 is 39.8 Å². The van der Waals surface area contributed by atoms with Crippen LogP contribution in [0.3, 0.4) is 0 Å². The van der Waals surface area contributed by atoms with Gasteiger partial charge in [0.25, 0.3) is 0 Å². The van der Waals surface area contributed by atoms with Gasteiger partial charge < -0.3 is 15.0 Å². The van der Waals surface area contributed by atoms with Crippen LogP contribution in [0.5, 0.6) is 0 Å². The predicted molar refractivity (Wildman–Crippen MR) is 109 cm³/mol. The Morgan fingerprint density at radius 1 is 1.30 bits per heavy atom. The zero-order chi connectivity index (χ0) is 16.8. The first-order valence-corrected chi connectivity index (χ1v) is 9.75. The Labute approximate surface area is 158 Å². The lowest BCUT2D eigenvalue weighted by atomic mass is 10.2. The van der Waals surface area contributed by atoms with E-state index in [0.717, 1.165) is 25.3 Å². The first kappa shape index (κ1) is 24.9. The number of hydrogen-bond donors (Lipinski definition) is 1. The monoisotopic (exact) mass is 461 g/mol. The van der Waals surface area contributed by atoms with Gasteiger partial charge in [0.1, 0.15) is 9.84 Å². The number of unbranched alkanes of at least 4 members (excludes halogenated alkanes) is 3. The Morgan fingerprint density at radius 2 is 2.00 bits per heavy atom. The molecular formula is C15H32IN3O3S. The van der Waals surface area contributed by atoms with E-state index in [1.165, 1.54) is 19.1 Å². The summed E-state index contributed by atoms with van der Waals surface area (Å²) in [6, 6.07) is 0. The van der Waals surface area contributed by atoms with Gasteiger partial charge in [-0.1, -0.05) is 12.5 Å². The third kappa shape index (κ3) is 16.3. The van der Waals surface area contributed by atoms with Gasteiger partial charge in [0.15, 0.2) is 5.96 Å². The summed E-state index contributed by atoms with van der Waals surface area (Å²) in [5.41, 5.74) is 0. The highest BCUT2D eigenvalue weighted by Gasteiger charge is 2.05. The molecule has 0 saturated carbocycles. The fourth-order valence-electron chi connectivity index (χ4n) is 1.85. The number of aliphatic imine (C=N–C) groups is 1. The molecule has 1 N–H and O–H groups in total.